The Morgan fingerprint density at radius 3 is 2.86 bits per heavy atom. The molecular formula is C16H24FN3O. The van der Waals surface area contributed by atoms with E-state index in [9.17, 15) is 9.18 Å². The molecule has 2 rings (SSSR count). The summed E-state index contributed by atoms with van der Waals surface area (Å²) in [7, 11) is 5.62. The molecule has 0 spiro atoms. The van der Waals surface area contributed by atoms with Gasteiger partial charge < -0.3 is 15.1 Å². The lowest BCUT2D eigenvalue weighted by molar-refractivity contribution is 0.0669. The Hall–Kier alpha value is -1.62. The van der Waals surface area contributed by atoms with Gasteiger partial charge in [0.2, 0.25) is 0 Å². The number of carbonyl (C=O) groups excluding carboxylic acids is 1. The van der Waals surface area contributed by atoms with Gasteiger partial charge in [-0.2, -0.15) is 0 Å². The molecule has 0 aliphatic carbocycles. The summed E-state index contributed by atoms with van der Waals surface area (Å²) in [4.78, 5) is 16.1. The summed E-state index contributed by atoms with van der Waals surface area (Å²) in [6, 6.07) is 4.79. The molecule has 116 valence electrons. The van der Waals surface area contributed by atoms with Crippen LogP contribution in [0.1, 0.15) is 23.2 Å². The van der Waals surface area contributed by atoms with Crippen LogP contribution in [0.4, 0.5) is 10.1 Å². The first kappa shape index (κ1) is 15.8. The van der Waals surface area contributed by atoms with Crippen molar-refractivity contribution < 1.29 is 9.18 Å². The normalized spacial score (nSPS) is 18.7. The van der Waals surface area contributed by atoms with E-state index in [-0.39, 0.29) is 11.5 Å². The third-order valence-electron chi connectivity index (χ3n) is 4.00. The van der Waals surface area contributed by atoms with Gasteiger partial charge in [-0.25, -0.2) is 4.39 Å². The standard InChI is InChI=1S/C16H24FN3O/c1-18-10-12-5-4-8-20(11-12)16(21)14-7-6-13(19(2)3)9-15(14)17/h6-7,9,12,18H,4-5,8,10-11H2,1-3H3. The van der Waals surface area contributed by atoms with Crippen LogP contribution in [0, 0.1) is 11.7 Å². The average Bonchev–Trinajstić information content (AvgIpc) is 2.47. The van der Waals surface area contributed by atoms with Gasteiger partial charge in [0.15, 0.2) is 0 Å². The molecule has 1 heterocycles. The average molecular weight is 293 g/mol. The second-order valence-electron chi connectivity index (χ2n) is 5.88. The van der Waals surface area contributed by atoms with Crippen molar-refractivity contribution in [2.24, 2.45) is 5.92 Å². The molecule has 1 unspecified atom stereocenters. The lowest BCUT2D eigenvalue weighted by Gasteiger charge is -2.33. The maximum Gasteiger partial charge on any atom is 0.256 e. The van der Waals surface area contributed by atoms with Crippen LogP contribution in [0.15, 0.2) is 18.2 Å². The minimum Gasteiger partial charge on any atom is -0.378 e. The Balaban J connectivity index is 2.12. The topological polar surface area (TPSA) is 35.6 Å². The molecule has 1 atom stereocenters. The molecule has 1 saturated heterocycles. The first-order chi connectivity index (χ1) is 10.0. The van der Waals surface area contributed by atoms with Crippen molar-refractivity contribution in [2.75, 3.05) is 45.7 Å². The molecule has 1 amide bonds. The van der Waals surface area contributed by atoms with E-state index in [1.165, 1.54) is 6.07 Å². The number of carbonyl (C=O) groups is 1. The molecule has 4 nitrogen and oxygen atoms in total. The predicted octanol–water partition coefficient (Wildman–Crippen LogP) is 1.96. The molecule has 1 N–H and O–H groups in total. The Labute approximate surface area is 125 Å². The number of amides is 1. The number of halogens is 1. The van der Waals surface area contributed by atoms with Gasteiger partial charge in [-0.3, -0.25) is 4.79 Å². The number of likely N-dealkylation sites (tertiary alicyclic amines) is 1. The van der Waals surface area contributed by atoms with Gasteiger partial charge in [0.25, 0.3) is 5.91 Å². The Bertz CT molecular complexity index is 502. The summed E-state index contributed by atoms with van der Waals surface area (Å²) in [5.41, 5.74) is 0.932. The minimum absolute atomic E-state index is 0.172. The van der Waals surface area contributed by atoms with Crippen LogP contribution in [0.2, 0.25) is 0 Å². The highest BCUT2D eigenvalue weighted by molar-refractivity contribution is 5.95. The summed E-state index contributed by atoms with van der Waals surface area (Å²) in [5.74, 6) is -0.183. The second-order valence-corrected chi connectivity index (χ2v) is 5.88. The van der Waals surface area contributed by atoms with Gasteiger partial charge in [-0.1, -0.05) is 0 Å². The molecule has 1 fully saturated rings. The van der Waals surface area contributed by atoms with Crippen LogP contribution >= 0.6 is 0 Å². The zero-order valence-corrected chi connectivity index (χ0v) is 13.0. The number of hydrogen-bond donors (Lipinski definition) is 1. The van der Waals surface area contributed by atoms with Crippen molar-refractivity contribution in [1.29, 1.82) is 0 Å². The first-order valence-electron chi connectivity index (χ1n) is 7.43. The van der Waals surface area contributed by atoms with E-state index >= 15 is 0 Å². The number of benzene rings is 1. The van der Waals surface area contributed by atoms with E-state index < -0.39 is 5.82 Å². The van der Waals surface area contributed by atoms with E-state index in [0.29, 0.717) is 19.0 Å². The molecule has 1 aliphatic heterocycles. The van der Waals surface area contributed by atoms with Gasteiger partial charge >= 0.3 is 0 Å². The number of rotatable bonds is 4. The van der Waals surface area contributed by atoms with Gasteiger partial charge in [0, 0.05) is 32.9 Å². The Kier molecular flexibility index (Phi) is 5.17. The van der Waals surface area contributed by atoms with E-state index in [4.69, 9.17) is 0 Å². The number of nitrogens with zero attached hydrogens (tertiary/aromatic N) is 2. The van der Waals surface area contributed by atoms with E-state index in [1.807, 2.05) is 26.0 Å². The van der Waals surface area contributed by atoms with Crippen LogP contribution in [-0.2, 0) is 0 Å². The van der Waals surface area contributed by atoms with Gasteiger partial charge in [0.1, 0.15) is 5.82 Å². The lowest BCUT2D eigenvalue weighted by Crippen LogP contribution is -2.42. The van der Waals surface area contributed by atoms with Crippen molar-refractivity contribution in [3.63, 3.8) is 0 Å². The maximum absolute atomic E-state index is 14.2. The Morgan fingerprint density at radius 1 is 1.48 bits per heavy atom. The van der Waals surface area contributed by atoms with Crippen molar-refractivity contribution in [1.82, 2.24) is 10.2 Å². The molecular weight excluding hydrogens is 269 g/mol. The highest BCUT2D eigenvalue weighted by Crippen LogP contribution is 2.22. The smallest absolute Gasteiger partial charge is 0.256 e. The van der Waals surface area contributed by atoms with Crippen LogP contribution in [0.3, 0.4) is 0 Å². The van der Waals surface area contributed by atoms with E-state index in [2.05, 4.69) is 5.32 Å². The molecule has 0 aromatic heterocycles. The van der Waals surface area contributed by atoms with Crippen LogP contribution in [-0.4, -0.2) is 51.6 Å². The van der Waals surface area contributed by atoms with Crippen LogP contribution in [0.25, 0.3) is 0 Å². The number of anilines is 1. The molecule has 0 radical (unpaired) electrons. The summed E-state index contributed by atoms with van der Waals surface area (Å²) >= 11 is 0. The van der Waals surface area contributed by atoms with Gasteiger partial charge in [-0.15, -0.1) is 0 Å². The van der Waals surface area contributed by atoms with Gasteiger partial charge in [0.05, 0.1) is 5.56 Å². The monoisotopic (exact) mass is 293 g/mol. The molecule has 1 aromatic carbocycles. The molecule has 0 saturated carbocycles. The molecule has 0 bridgehead atoms. The maximum atomic E-state index is 14.2. The van der Waals surface area contributed by atoms with E-state index in [0.717, 1.165) is 25.1 Å². The minimum atomic E-state index is -0.443. The molecule has 1 aliphatic rings. The molecule has 1 aromatic rings. The quantitative estimate of drug-likeness (QED) is 0.922. The van der Waals surface area contributed by atoms with Crippen molar-refractivity contribution in [2.45, 2.75) is 12.8 Å². The van der Waals surface area contributed by atoms with Crippen LogP contribution < -0.4 is 10.2 Å². The van der Waals surface area contributed by atoms with Gasteiger partial charge in [-0.05, 0) is 50.6 Å². The zero-order valence-electron chi connectivity index (χ0n) is 13.0. The fourth-order valence-electron chi connectivity index (χ4n) is 2.83. The number of hydrogen-bond acceptors (Lipinski definition) is 3. The van der Waals surface area contributed by atoms with Crippen molar-refractivity contribution in [3.05, 3.63) is 29.6 Å². The second kappa shape index (κ2) is 6.89. The zero-order chi connectivity index (χ0) is 15.4. The highest BCUT2D eigenvalue weighted by Gasteiger charge is 2.25. The predicted molar refractivity (Wildman–Crippen MR) is 83.3 cm³/mol. The first-order valence-corrected chi connectivity index (χ1v) is 7.43. The Morgan fingerprint density at radius 2 is 2.24 bits per heavy atom. The summed E-state index contributed by atoms with van der Waals surface area (Å²) in [6.45, 7) is 2.31. The third-order valence-corrected chi connectivity index (χ3v) is 4.00. The third kappa shape index (κ3) is 3.73. The van der Waals surface area contributed by atoms with Crippen molar-refractivity contribution >= 4 is 11.6 Å². The fraction of sp³-hybridized carbons (Fsp3) is 0.562. The molecule has 21 heavy (non-hydrogen) atoms. The SMILES string of the molecule is CNCC1CCCN(C(=O)c2ccc(N(C)C)cc2F)C1. The molecule has 5 heteroatoms. The largest absolute Gasteiger partial charge is 0.378 e. The van der Waals surface area contributed by atoms with Crippen molar-refractivity contribution in [3.8, 4) is 0 Å². The lowest BCUT2D eigenvalue weighted by atomic mass is 9.97. The highest BCUT2D eigenvalue weighted by atomic mass is 19.1. The fourth-order valence-corrected chi connectivity index (χ4v) is 2.83. The van der Waals surface area contributed by atoms with Crippen LogP contribution in [0.5, 0.6) is 0 Å². The van der Waals surface area contributed by atoms with E-state index in [1.54, 1.807) is 17.0 Å². The summed E-state index contributed by atoms with van der Waals surface area (Å²) in [5, 5.41) is 3.15. The summed E-state index contributed by atoms with van der Waals surface area (Å²) in [6.07, 6.45) is 2.10. The summed E-state index contributed by atoms with van der Waals surface area (Å²) < 4.78 is 14.2. The number of nitrogens with one attached hydrogen (secondary N) is 1. The number of piperidine rings is 1.